The van der Waals surface area contributed by atoms with E-state index in [2.05, 4.69) is 12.1 Å². The molecule has 0 radical (unpaired) electrons. The molecule has 1 amide bonds. The fraction of sp³-hybridized carbons (Fsp3) is 0.588. The second-order valence-electron chi connectivity index (χ2n) is 6.82. The molecular formula is C17H25NO2. The number of carbonyl (C=O) groups is 1. The first kappa shape index (κ1) is 15.0. The largest absolute Gasteiger partial charge is 0.389 e. The molecule has 0 saturated carbocycles. The molecule has 0 bridgehead atoms. The van der Waals surface area contributed by atoms with Crippen molar-refractivity contribution in [3.8, 4) is 0 Å². The average Bonchev–Trinajstić information content (AvgIpc) is 2.36. The molecule has 110 valence electrons. The number of likely N-dealkylation sites (N-methyl/N-ethyl adjacent to an activating group) is 1. The van der Waals surface area contributed by atoms with E-state index in [1.165, 1.54) is 5.56 Å². The van der Waals surface area contributed by atoms with E-state index in [0.29, 0.717) is 6.54 Å². The van der Waals surface area contributed by atoms with E-state index >= 15 is 0 Å². The summed E-state index contributed by atoms with van der Waals surface area (Å²) in [4.78, 5) is 14.5. The standard InChI is InChI=1S/C17H25NO2/c1-16(2,20)12-18(4)15(19)17(3)11-7-9-13-8-5-6-10-14(13)17/h5-6,8,10,20H,7,9,11-12H2,1-4H3. The van der Waals surface area contributed by atoms with Gasteiger partial charge < -0.3 is 10.0 Å². The summed E-state index contributed by atoms with van der Waals surface area (Å²) in [7, 11) is 1.78. The van der Waals surface area contributed by atoms with Crippen molar-refractivity contribution in [1.29, 1.82) is 0 Å². The molecular weight excluding hydrogens is 250 g/mol. The third kappa shape index (κ3) is 2.88. The Morgan fingerprint density at radius 2 is 2.05 bits per heavy atom. The number of fused-ring (bicyclic) bond motifs is 1. The predicted molar refractivity (Wildman–Crippen MR) is 80.7 cm³/mol. The minimum absolute atomic E-state index is 0.103. The highest BCUT2D eigenvalue weighted by molar-refractivity contribution is 5.88. The zero-order valence-corrected chi connectivity index (χ0v) is 12.9. The minimum Gasteiger partial charge on any atom is -0.389 e. The van der Waals surface area contributed by atoms with Crippen LogP contribution in [-0.2, 0) is 16.6 Å². The summed E-state index contributed by atoms with van der Waals surface area (Å²) < 4.78 is 0. The van der Waals surface area contributed by atoms with E-state index in [0.717, 1.165) is 24.8 Å². The normalized spacial score (nSPS) is 22.2. The van der Waals surface area contributed by atoms with Crippen LogP contribution >= 0.6 is 0 Å². The number of nitrogens with zero attached hydrogens (tertiary/aromatic N) is 1. The average molecular weight is 275 g/mol. The molecule has 3 nitrogen and oxygen atoms in total. The number of rotatable bonds is 3. The van der Waals surface area contributed by atoms with Crippen LogP contribution in [0.25, 0.3) is 0 Å². The Bertz CT molecular complexity index is 504. The van der Waals surface area contributed by atoms with Crippen LogP contribution in [0, 0.1) is 0 Å². The molecule has 1 aliphatic carbocycles. The van der Waals surface area contributed by atoms with E-state index < -0.39 is 11.0 Å². The maximum Gasteiger partial charge on any atom is 0.232 e. The van der Waals surface area contributed by atoms with Gasteiger partial charge in [-0.15, -0.1) is 0 Å². The molecule has 1 aromatic carbocycles. The fourth-order valence-corrected chi connectivity index (χ4v) is 3.34. The van der Waals surface area contributed by atoms with Crippen molar-refractivity contribution in [3.63, 3.8) is 0 Å². The van der Waals surface area contributed by atoms with Crippen molar-refractivity contribution in [1.82, 2.24) is 4.90 Å². The molecule has 0 saturated heterocycles. The highest BCUT2D eigenvalue weighted by atomic mass is 16.3. The molecule has 1 atom stereocenters. The molecule has 0 fully saturated rings. The molecule has 0 aromatic heterocycles. The summed E-state index contributed by atoms with van der Waals surface area (Å²) in [6.45, 7) is 5.85. The monoisotopic (exact) mass is 275 g/mol. The molecule has 1 aliphatic rings. The first-order valence-corrected chi connectivity index (χ1v) is 7.30. The topological polar surface area (TPSA) is 40.5 Å². The third-order valence-electron chi connectivity index (χ3n) is 4.18. The number of aliphatic hydroxyl groups is 1. The summed E-state index contributed by atoms with van der Waals surface area (Å²) in [5.41, 5.74) is 1.11. The second kappa shape index (κ2) is 5.21. The van der Waals surface area contributed by atoms with Gasteiger partial charge in [0.05, 0.1) is 11.0 Å². The van der Waals surface area contributed by atoms with Crippen LogP contribution in [0.3, 0.4) is 0 Å². The number of carbonyl (C=O) groups excluding carboxylic acids is 1. The van der Waals surface area contributed by atoms with Gasteiger partial charge in [-0.2, -0.15) is 0 Å². The lowest BCUT2D eigenvalue weighted by Crippen LogP contribution is -2.49. The number of hydrogen-bond acceptors (Lipinski definition) is 2. The molecule has 3 heteroatoms. The highest BCUT2D eigenvalue weighted by Gasteiger charge is 2.41. The van der Waals surface area contributed by atoms with Gasteiger partial charge >= 0.3 is 0 Å². The van der Waals surface area contributed by atoms with Gasteiger partial charge in [-0.3, -0.25) is 4.79 Å². The van der Waals surface area contributed by atoms with Crippen LogP contribution in [0.15, 0.2) is 24.3 Å². The Hall–Kier alpha value is -1.35. The molecule has 20 heavy (non-hydrogen) atoms. The van der Waals surface area contributed by atoms with Gasteiger partial charge in [0, 0.05) is 13.6 Å². The molecule has 1 aromatic rings. The summed E-state index contributed by atoms with van der Waals surface area (Å²) in [5.74, 6) is 0.103. The van der Waals surface area contributed by atoms with Crippen LogP contribution in [0.1, 0.15) is 44.7 Å². The minimum atomic E-state index is -0.866. The lowest BCUT2D eigenvalue weighted by Gasteiger charge is -2.39. The lowest BCUT2D eigenvalue weighted by molar-refractivity contribution is -0.138. The van der Waals surface area contributed by atoms with E-state index in [9.17, 15) is 9.90 Å². The van der Waals surface area contributed by atoms with Crippen LogP contribution in [0.4, 0.5) is 0 Å². The summed E-state index contributed by atoms with van der Waals surface area (Å²) >= 11 is 0. The van der Waals surface area contributed by atoms with Crippen LogP contribution < -0.4 is 0 Å². The van der Waals surface area contributed by atoms with E-state index in [1.54, 1.807) is 25.8 Å². The van der Waals surface area contributed by atoms with Crippen molar-refractivity contribution in [2.45, 2.75) is 51.0 Å². The van der Waals surface area contributed by atoms with Gasteiger partial charge in [-0.1, -0.05) is 24.3 Å². The van der Waals surface area contributed by atoms with Gasteiger partial charge in [0.15, 0.2) is 0 Å². The molecule has 1 N–H and O–H groups in total. The Labute approximate surface area is 121 Å². The highest BCUT2D eigenvalue weighted by Crippen LogP contribution is 2.38. The lowest BCUT2D eigenvalue weighted by atomic mass is 9.70. The fourth-order valence-electron chi connectivity index (χ4n) is 3.34. The summed E-state index contributed by atoms with van der Waals surface area (Å²) in [5, 5.41) is 9.92. The number of benzene rings is 1. The molecule has 2 rings (SSSR count). The third-order valence-corrected chi connectivity index (χ3v) is 4.18. The molecule has 0 heterocycles. The Kier molecular flexibility index (Phi) is 3.92. The zero-order chi connectivity index (χ0) is 15.0. The predicted octanol–water partition coefficient (Wildman–Crippen LogP) is 2.51. The first-order valence-electron chi connectivity index (χ1n) is 7.30. The smallest absolute Gasteiger partial charge is 0.232 e. The quantitative estimate of drug-likeness (QED) is 0.921. The second-order valence-corrected chi connectivity index (χ2v) is 6.82. The molecule has 1 unspecified atom stereocenters. The van der Waals surface area contributed by atoms with Gasteiger partial charge in [0.2, 0.25) is 5.91 Å². The van der Waals surface area contributed by atoms with Crippen molar-refractivity contribution >= 4 is 5.91 Å². The van der Waals surface area contributed by atoms with E-state index in [1.807, 2.05) is 19.1 Å². The van der Waals surface area contributed by atoms with Gasteiger partial charge in [0.1, 0.15) is 0 Å². The first-order chi connectivity index (χ1) is 9.24. The maximum absolute atomic E-state index is 12.9. The summed E-state index contributed by atoms with van der Waals surface area (Å²) in [6.07, 6.45) is 2.96. The van der Waals surface area contributed by atoms with Crippen molar-refractivity contribution in [2.75, 3.05) is 13.6 Å². The van der Waals surface area contributed by atoms with Crippen LogP contribution in [0.5, 0.6) is 0 Å². The van der Waals surface area contributed by atoms with Crippen molar-refractivity contribution < 1.29 is 9.90 Å². The maximum atomic E-state index is 12.9. The molecule has 0 spiro atoms. The van der Waals surface area contributed by atoms with E-state index in [4.69, 9.17) is 0 Å². The molecule has 0 aliphatic heterocycles. The van der Waals surface area contributed by atoms with Gasteiger partial charge in [-0.25, -0.2) is 0 Å². The number of aryl methyl sites for hydroxylation is 1. The SMILES string of the molecule is CN(CC(C)(C)O)C(=O)C1(C)CCCc2ccccc21. The number of hydrogen-bond donors (Lipinski definition) is 1. The van der Waals surface area contributed by atoms with Crippen LogP contribution in [0.2, 0.25) is 0 Å². The summed E-state index contributed by atoms with van der Waals surface area (Å²) in [6, 6.07) is 8.24. The Morgan fingerprint density at radius 3 is 2.70 bits per heavy atom. The van der Waals surface area contributed by atoms with Gasteiger partial charge in [0.25, 0.3) is 0 Å². The van der Waals surface area contributed by atoms with Crippen molar-refractivity contribution in [3.05, 3.63) is 35.4 Å². The Morgan fingerprint density at radius 1 is 1.40 bits per heavy atom. The zero-order valence-electron chi connectivity index (χ0n) is 12.9. The van der Waals surface area contributed by atoms with E-state index in [-0.39, 0.29) is 5.91 Å². The number of amides is 1. The Balaban J connectivity index is 2.30. The van der Waals surface area contributed by atoms with Crippen molar-refractivity contribution in [2.24, 2.45) is 0 Å². The van der Waals surface area contributed by atoms with Gasteiger partial charge in [-0.05, 0) is 51.2 Å². The van der Waals surface area contributed by atoms with Crippen LogP contribution in [-0.4, -0.2) is 35.1 Å².